The maximum absolute atomic E-state index is 12.6. The van der Waals surface area contributed by atoms with E-state index in [4.69, 9.17) is 4.74 Å². The molecular weight excluding hydrogens is 336 g/mol. The highest BCUT2D eigenvalue weighted by Crippen LogP contribution is 2.38. The van der Waals surface area contributed by atoms with E-state index in [0.29, 0.717) is 24.4 Å². The Labute approximate surface area is 152 Å². The number of nitrogens with zero attached hydrogens (tertiary/aromatic N) is 2. The lowest BCUT2D eigenvalue weighted by Gasteiger charge is -2.30. The van der Waals surface area contributed by atoms with Gasteiger partial charge in [-0.3, -0.25) is 14.4 Å². The molecule has 140 valence electrons. The Morgan fingerprint density at radius 2 is 2.04 bits per heavy atom. The van der Waals surface area contributed by atoms with Gasteiger partial charge in [0.2, 0.25) is 5.91 Å². The van der Waals surface area contributed by atoms with Gasteiger partial charge in [0.05, 0.1) is 11.1 Å². The fourth-order valence-electron chi connectivity index (χ4n) is 3.70. The van der Waals surface area contributed by atoms with Gasteiger partial charge < -0.3 is 19.6 Å². The first kappa shape index (κ1) is 18.2. The first-order valence-electron chi connectivity index (χ1n) is 8.88. The molecule has 1 aromatic carbocycles. The predicted molar refractivity (Wildman–Crippen MR) is 95.0 cm³/mol. The van der Waals surface area contributed by atoms with Crippen molar-refractivity contribution in [3.63, 3.8) is 0 Å². The SMILES string of the molecule is CC(C)C1(C(=O)O)CCN(C(=O)CCN2C(=O)COc3ccccc32)C1. The highest BCUT2D eigenvalue weighted by atomic mass is 16.5. The summed E-state index contributed by atoms with van der Waals surface area (Å²) < 4.78 is 5.40. The highest BCUT2D eigenvalue weighted by molar-refractivity contribution is 5.98. The topological polar surface area (TPSA) is 87.2 Å². The van der Waals surface area contributed by atoms with Crippen LogP contribution in [-0.4, -0.2) is 54.0 Å². The van der Waals surface area contributed by atoms with E-state index in [1.165, 1.54) is 0 Å². The molecule has 1 unspecified atom stereocenters. The summed E-state index contributed by atoms with van der Waals surface area (Å²) in [4.78, 5) is 39.7. The number of likely N-dealkylation sites (tertiary alicyclic amines) is 1. The predicted octanol–water partition coefficient (Wildman–Crippen LogP) is 1.76. The van der Waals surface area contributed by atoms with Crippen molar-refractivity contribution in [1.82, 2.24) is 4.90 Å². The molecule has 3 rings (SSSR count). The molecule has 2 amide bonds. The summed E-state index contributed by atoms with van der Waals surface area (Å²) in [6.45, 7) is 4.65. The number of carbonyl (C=O) groups is 3. The van der Waals surface area contributed by atoms with E-state index >= 15 is 0 Å². The van der Waals surface area contributed by atoms with Crippen LogP contribution in [0.25, 0.3) is 0 Å². The van der Waals surface area contributed by atoms with Gasteiger partial charge in [0, 0.05) is 26.1 Å². The molecule has 0 aliphatic carbocycles. The van der Waals surface area contributed by atoms with E-state index < -0.39 is 11.4 Å². The van der Waals surface area contributed by atoms with Crippen LogP contribution in [0, 0.1) is 11.3 Å². The van der Waals surface area contributed by atoms with E-state index in [1.807, 2.05) is 26.0 Å². The van der Waals surface area contributed by atoms with Gasteiger partial charge in [-0.25, -0.2) is 0 Å². The molecule has 2 aliphatic heterocycles. The number of aliphatic carboxylic acids is 1. The van der Waals surface area contributed by atoms with Gasteiger partial charge in [-0.05, 0) is 24.5 Å². The molecule has 0 radical (unpaired) electrons. The van der Waals surface area contributed by atoms with Crippen LogP contribution in [0.3, 0.4) is 0 Å². The second kappa shape index (κ2) is 6.97. The average molecular weight is 360 g/mol. The van der Waals surface area contributed by atoms with Crippen molar-refractivity contribution in [3.8, 4) is 5.75 Å². The molecule has 2 heterocycles. The quantitative estimate of drug-likeness (QED) is 0.865. The molecule has 2 aliphatic rings. The fraction of sp³-hybridized carbons (Fsp3) is 0.526. The second-order valence-electron chi connectivity index (χ2n) is 7.23. The van der Waals surface area contributed by atoms with Crippen LogP contribution >= 0.6 is 0 Å². The number of carboxylic acids is 1. The third kappa shape index (κ3) is 3.13. The lowest BCUT2D eigenvalue weighted by atomic mass is 9.76. The normalized spacial score (nSPS) is 22.3. The van der Waals surface area contributed by atoms with Crippen LogP contribution in [0.2, 0.25) is 0 Å². The Morgan fingerprint density at radius 1 is 1.31 bits per heavy atom. The molecule has 0 spiro atoms. The van der Waals surface area contributed by atoms with E-state index in [9.17, 15) is 19.5 Å². The summed E-state index contributed by atoms with van der Waals surface area (Å²) in [6.07, 6.45) is 0.624. The second-order valence-corrected chi connectivity index (χ2v) is 7.23. The number of carboxylic acid groups (broad SMARTS) is 1. The van der Waals surface area contributed by atoms with Gasteiger partial charge in [0.15, 0.2) is 6.61 Å². The Kier molecular flexibility index (Phi) is 4.89. The lowest BCUT2D eigenvalue weighted by molar-refractivity contribution is -0.151. The van der Waals surface area contributed by atoms with E-state index in [-0.39, 0.29) is 43.8 Å². The summed E-state index contributed by atoms with van der Waals surface area (Å²) in [5.41, 5.74) is -0.211. The molecule has 0 bridgehead atoms. The molecule has 0 aromatic heterocycles. The maximum Gasteiger partial charge on any atom is 0.311 e. The average Bonchev–Trinajstić information content (AvgIpc) is 3.08. The monoisotopic (exact) mass is 360 g/mol. The van der Waals surface area contributed by atoms with Crippen LogP contribution in [0.5, 0.6) is 5.75 Å². The number of ether oxygens (including phenoxy) is 1. The number of anilines is 1. The molecular formula is C19H24N2O5. The van der Waals surface area contributed by atoms with Crippen molar-refractivity contribution >= 4 is 23.5 Å². The molecule has 0 saturated carbocycles. The molecule has 26 heavy (non-hydrogen) atoms. The number of amides is 2. The number of rotatable bonds is 5. The van der Waals surface area contributed by atoms with E-state index in [0.717, 1.165) is 0 Å². The van der Waals surface area contributed by atoms with Crippen molar-refractivity contribution in [1.29, 1.82) is 0 Å². The first-order valence-corrected chi connectivity index (χ1v) is 8.88. The lowest BCUT2D eigenvalue weighted by Crippen LogP contribution is -2.43. The minimum atomic E-state index is -0.878. The summed E-state index contributed by atoms with van der Waals surface area (Å²) in [5, 5.41) is 9.61. The Morgan fingerprint density at radius 3 is 2.69 bits per heavy atom. The standard InChI is InChI=1S/C19H24N2O5/c1-13(2)19(18(24)25)8-10-20(12-19)16(22)7-9-21-14-5-3-4-6-15(14)26-11-17(21)23/h3-6,13H,7-12H2,1-2H3,(H,24,25). The van der Waals surface area contributed by atoms with Crippen LogP contribution in [0.4, 0.5) is 5.69 Å². The van der Waals surface area contributed by atoms with Crippen molar-refractivity contribution in [2.45, 2.75) is 26.7 Å². The van der Waals surface area contributed by atoms with Crippen molar-refractivity contribution < 1.29 is 24.2 Å². The van der Waals surface area contributed by atoms with Gasteiger partial charge in [-0.1, -0.05) is 26.0 Å². The number of para-hydroxylation sites is 2. The Balaban J connectivity index is 1.65. The smallest absolute Gasteiger partial charge is 0.311 e. The minimum Gasteiger partial charge on any atom is -0.482 e. The van der Waals surface area contributed by atoms with Gasteiger partial charge in [-0.2, -0.15) is 0 Å². The zero-order valence-electron chi connectivity index (χ0n) is 15.1. The molecule has 1 atom stereocenters. The number of hydrogen-bond donors (Lipinski definition) is 1. The number of fused-ring (bicyclic) bond motifs is 1. The molecule has 1 aromatic rings. The fourth-order valence-corrected chi connectivity index (χ4v) is 3.70. The van der Waals surface area contributed by atoms with Gasteiger partial charge in [0.1, 0.15) is 5.75 Å². The molecule has 1 saturated heterocycles. The summed E-state index contributed by atoms with van der Waals surface area (Å²) in [6, 6.07) is 7.24. The molecule has 1 N–H and O–H groups in total. The summed E-state index contributed by atoms with van der Waals surface area (Å²) in [5.74, 6) is -0.568. The first-order chi connectivity index (χ1) is 12.3. The highest BCUT2D eigenvalue weighted by Gasteiger charge is 2.48. The van der Waals surface area contributed by atoms with Crippen molar-refractivity contribution in [3.05, 3.63) is 24.3 Å². The number of carbonyl (C=O) groups excluding carboxylic acids is 2. The van der Waals surface area contributed by atoms with Crippen LogP contribution in [0.1, 0.15) is 26.7 Å². The summed E-state index contributed by atoms with van der Waals surface area (Å²) >= 11 is 0. The van der Waals surface area contributed by atoms with E-state index in [1.54, 1.807) is 21.9 Å². The van der Waals surface area contributed by atoms with Crippen LogP contribution in [-0.2, 0) is 14.4 Å². The Bertz CT molecular complexity index is 732. The van der Waals surface area contributed by atoms with Crippen LogP contribution < -0.4 is 9.64 Å². The molecule has 1 fully saturated rings. The summed E-state index contributed by atoms with van der Waals surface area (Å²) in [7, 11) is 0. The van der Waals surface area contributed by atoms with Gasteiger partial charge in [-0.15, -0.1) is 0 Å². The minimum absolute atomic E-state index is 0.0373. The zero-order valence-corrected chi connectivity index (χ0v) is 15.1. The Hall–Kier alpha value is -2.57. The van der Waals surface area contributed by atoms with Crippen LogP contribution in [0.15, 0.2) is 24.3 Å². The third-order valence-corrected chi connectivity index (χ3v) is 5.54. The number of hydrogen-bond acceptors (Lipinski definition) is 4. The number of benzene rings is 1. The molecule has 7 heteroatoms. The molecule has 7 nitrogen and oxygen atoms in total. The largest absolute Gasteiger partial charge is 0.482 e. The van der Waals surface area contributed by atoms with Crippen molar-refractivity contribution in [2.75, 3.05) is 31.1 Å². The van der Waals surface area contributed by atoms with Gasteiger partial charge in [0.25, 0.3) is 5.91 Å². The van der Waals surface area contributed by atoms with Gasteiger partial charge >= 0.3 is 5.97 Å². The third-order valence-electron chi connectivity index (χ3n) is 5.54. The zero-order chi connectivity index (χ0) is 18.9. The maximum atomic E-state index is 12.6. The van der Waals surface area contributed by atoms with Crippen molar-refractivity contribution in [2.24, 2.45) is 11.3 Å². The van der Waals surface area contributed by atoms with E-state index in [2.05, 4.69) is 0 Å².